The van der Waals surface area contributed by atoms with Crippen LogP contribution in [0.1, 0.15) is 23.3 Å². The SMILES string of the molecule is O=C1c2c(O)c(=O)ccn2NC2C[C@@H](C(F)(F)F)CCN12. The number of hydrogen-bond donors (Lipinski definition) is 2. The summed E-state index contributed by atoms with van der Waals surface area (Å²) in [5, 5.41) is 9.68. The third-order valence-electron chi connectivity index (χ3n) is 3.89. The summed E-state index contributed by atoms with van der Waals surface area (Å²) in [5.74, 6) is -2.82. The smallest absolute Gasteiger partial charge is 0.392 e. The Labute approximate surface area is 116 Å². The van der Waals surface area contributed by atoms with Crippen LogP contribution in [0.25, 0.3) is 0 Å². The van der Waals surface area contributed by atoms with Gasteiger partial charge in [-0.25, -0.2) is 0 Å². The number of alkyl halides is 3. The summed E-state index contributed by atoms with van der Waals surface area (Å²) in [4.78, 5) is 24.9. The number of nitrogens with zero attached hydrogens (tertiary/aromatic N) is 2. The van der Waals surface area contributed by atoms with E-state index in [0.717, 1.165) is 10.7 Å². The highest BCUT2D eigenvalue weighted by Gasteiger charge is 2.47. The number of rotatable bonds is 0. The third-order valence-corrected chi connectivity index (χ3v) is 3.89. The van der Waals surface area contributed by atoms with Gasteiger partial charge in [0.15, 0.2) is 11.4 Å². The molecule has 0 saturated carbocycles. The molecule has 0 spiro atoms. The van der Waals surface area contributed by atoms with Gasteiger partial charge in [0.05, 0.1) is 5.92 Å². The number of amides is 1. The molecule has 1 fully saturated rings. The van der Waals surface area contributed by atoms with E-state index in [1.54, 1.807) is 0 Å². The van der Waals surface area contributed by atoms with E-state index in [-0.39, 0.29) is 25.1 Å². The van der Waals surface area contributed by atoms with Gasteiger partial charge in [0, 0.05) is 18.8 Å². The highest BCUT2D eigenvalue weighted by Crippen LogP contribution is 2.37. The van der Waals surface area contributed by atoms with Crippen molar-refractivity contribution in [3.05, 3.63) is 28.2 Å². The molecular formula is C12H12F3N3O3. The molecule has 1 aromatic heterocycles. The summed E-state index contributed by atoms with van der Waals surface area (Å²) in [6.07, 6.45) is -4.34. The third kappa shape index (κ3) is 2.12. The van der Waals surface area contributed by atoms with Crippen molar-refractivity contribution in [2.45, 2.75) is 25.2 Å². The Morgan fingerprint density at radius 3 is 2.71 bits per heavy atom. The second-order valence-electron chi connectivity index (χ2n) is 5.15. The highest BCUT2D eigenvalue weighted by atomic mass is 19.4. The molecule has 3 heterocycles. The lowest BCUT2D eigenvalue weighted by Crippen LogP contribution is -2.58. The maximum atomic E-state index is 12.8. The number of fused-ring (bicyclic) bond motifs is 2. The fourth-order valence-electron chi connectivity index (χ4n) is 2.76. The van der Waals surface area contributed by atoms with Gasteiger partial charge in [0.25, 0.3) is 5.91 Å². The van der Waals surface area contributed by atoms with Gasteiger partial charge >= 0.3 is 6.18 Å². The second-order valence-corrected chi connectivity index (χ2v) is 5.15. The molecule has 114 valence electrons. The number of aromatic hydroxyl groups is 1. The van der Waals surface area contributed by atoms with Gasteiger partial charge in [-0.05, 0) is 12.8 Å². The topological polar surface area (TPSA) is 74.6 Å². The Bertz CT molecular complexity index is 655. The van der Waals surface area contributed by atoms with Gasteiger partial charge in [0.1, 0.15) is 6.17 Å². The Kier molecular flexibility index (Phi) is 2.89. The highest BCUT2D eigenvalue weighted by molar-refractivity contribution is 5.96. The van der Waals surface area contributed by atoms with E-state index in [0.29, 0.717) is 0 Å². The van der Waals surface area contributed by atoms with Gasteiger partial charge in [-0.15, -0.1) is 0 Å². The van der Waals surface area contributed by atoms with E-state index in [9.17, 15) is 27.9 Å². The first-order valence-corrected chi connectivity index (χ1v) is 6.38. The van der Waals surface area contributed by atoms with E-state index < -0.39 is 35.3 Å². The van der Waals surface area contributed by atoms with Gasteiger partial charge in [-0.2, -0.15) is 13.2 Å². The molecule has 0 aromatic carbocycles. The largest absolute Gasteiger partial charge is 0.502 e. The fraction of sp³-hybridized carbons (Fsp3) is 0.500. The molecule has 0 aliphatic carbocycles. The van der Waals surface area contributed by atoms with Crippen molar-refractivity contribution in [2.75, 3.05) is 12.0 Å². The Morgan fingerprint density at radius 2 is 2.05 bits per heavy atom. The first-order chi connectivity index (χ1) is 9.79. The summed E-state index contributed by atoms with van der Waals surface area (Å²) < 4.78 is 39.5. The Morgan fingerprint density at radius 1 is 1.33 bits per heavy atom. The van der Waals surface area contributed by atoms with Crippen LogP contribution < -0.4 is 10.9 Å². The van der Waals surface area contributed by atoms with Crippen molar-refractivity contribution in [1.29, 1.82) is 0 Å². The Hall–Kier alpha value is -2.19. The first-order valence-electron chi connectivity index (χ1n) is 6.38. The van der Waals surface area contributed by atoms with Crippen molar-refractivity contribution in [3.8, 4) is 5.75 Å². The standard InChI is InChI=1S/C12H12F3N3O3/c13-12(14,15)6-1-3-17-8(5-6)16-18-4-2-7(19)10(20)9(18)11(17)21/h2,4,6,8,16,20H,1,3,5H2/t6-,8?/m0/s1. The van der Waals surface area contributed by atoms with E-state index in [2.05, 4.69) is 5.43 Å². The van der Waals surface area contributed by atoms with Gasteiger partial charge in [-0.1, -0.05) is 0 Å². The monoisotopic (exact) mass is 303 g/mol. The van der Waals surface area contributed by atoms with Crippen LogP contribution in [-0.4, -0.2) is 39.5 Å². The van der Waals surface area contributed by atoms with Crippen LogP contribution in [-0.2, 0) is 0 Å². The molecule has 1 saturated heterocycles. The van der Waals surface area contributed by atoms with Crippen molar-refractivity contribution < 1.29 is 23.1 Å². The second kappa shape index (κ2) is 4.40. The average molecular weight is 303 g/mol. The van der Waals surface area contributed by atoms with Crippen LogP contribution in [0.2, 0.25) is 0 Å². The molecule has 1 unspecified atom stereocenters. The van der Waals surface area contributed by atoms with Crippen LogP contribution in [0.15, 0.2) is 17.1 Å². The number of carbonyl (C=O) groups is 1. The molecule has 2 N–H and O–H groups in total. The summed E-state index contributed by atoms with van der Waals surface area (Å²) in [7, 11) is 0. The zero-order valence-electron chi connectivity index (χ0n) is 10.7. The lowest BCUT2D eigenvalue weighted by molar-refractivity contribution is -0.187. The van der Waals surface area contributed by atoms with Crippen molar-refractivity contribution in [2.24, 2.45) is 5.92 Å². The normalized spacial score (nSPS) is 25.1. The number of aromatic nitrogens is 1. The lowest BCUT2D eigenvalue weighted by atomic mass is 9.93. The number of pyridine rings is 1. The van der Waals surface area contributed by atoms with Gasteiger partial charge in [0.2, 0.25) is 5.43 Å². The minimum Gasteiger partial charge on any atom is -0.502 e. The molecule has 0 bridgehead atoms. The molecule has 0 radical (unpaired) electrons. The molecule has 6 nitrogen and oxygen atoms in total. The minimum absolute atomic E-state index is 0.0802. The van der Waals surface area contributed by atoms with Gasteiger partial charge in [-0.3, -0.25) is 14.3 Å². The zero-order valence-corrected chi connectivity index (χ0v) is 10.7. The predicted octanol–water partition coefficient (Wildman–Crippen LogP) is 0.852. The van der Waals surface area contributed by atoms with Crippen LogP contribution in [0, 0.1) is 5.92 Å². The van der Waals surface area contributed by atoms with Crippen molar-refractivity contribution in [3.63, 3.8) is 0 Å². The molecular weight excluding hydrogens is 291 g/mol. The van der Waals surface area contributed by atoms with E-state index in [1.165, 1.54) is 11.1 Å². The molecule has 21 heavy (non-hydrogen) atoms. The van der Waals surface area contributed by atoms with E-state index >= 15 is 0 Å². The van der Waals surface area contributed by atoms with Crippen molar-refractivity contribution >= 4 is 5.91 Å². The maximum Gasteiger partial charge on any atom is 0.392 e. The zero-order chi connectivity index (χ0) is 15.4. The number of halogens is 3. The first kappa shape index (κ1) is 13.8. The number of piperidine rings is 1. The summed E-state index contributed by atoms with van der Waals surface area (Å²) in [6.45, 7) is -0.0802. The maximum absolute atomic E-state index is 12.8. The quantitative estimate of drug-likeness (QED) is 0.745. The molecule has 2 atom stereocenters. The lowest BCUT2D eigenvalue weighted by Gasteiger charge is -2.44. The van der Waals surface area contributed by atoms with E-state index in [1.807, 2.05) is 0 Å². The van der Waals surface area contributed by atoms with Crippen molar-refractivity contribution in [1.82, 2.24) is 9.58 Å². The van der Waals surface area contributed by atoms with Gasteiger partial charge < -0.3 is 15.4 Å². The molecule has 3 rings (SSSR count). The fourth-order valence-corrected chi connectivity index (χ4v) is 2.76. The molecule has 1 aromatic rings. The number of hydrogen-bond acceptors (Lipinski definition) is 4. The summed E-state index contributed by atoms with van der Waals surface area (Å²) in [5.41, 5.74) is 1.77. The predicted molar refractivity (Wildman–Crippen MR) is 65.3 cm³/mol. The number of nitrogens with one attached hydrogen (secondary N) is 1. The minimum atomic E-state index is -4.30. The van der Waals surface area contributed by atoms with Crippen LogP contribution in [0.3, 0.4) is 0 Å². The molecule has 2 aliphatic rings. The average Bonchev–Trinajstić information content (AvgIpc) is 2.41. The van der Waals surface area contributed by atoms with Crippen LogP contribution >= 0.6 is 0 Å². The van der Waals surface area contributed by atoms with Crippen LogP contribution in [0.4, 0.5) is 13.2 Å². The summed E-state index contributed by atoms with van der Waals surface area (Å²) >= 11 is 0. The number of carbonyl (C=O) groups excluding carboxylic acids is 1. The van der Waals surface area contributed by atoms with Crippen LogP contribution in [0.5, 0.6) is 5.75 Å². The summed E-state index contributed by atoms with van der Waals surface area (Å²) in [6, 6.07) is 1.04. The molecule has 1 amide bonds. The molecule has 2 aliphatic heterocycles. The van der Waals surface area contributed by atoms with E-state index in [4.69, 9.17) is 0 Å². The molecule has 9 heteroatoms. The Balaban J connectivity index is 1.96.